The molecule has 2 N–H and O–H groups in total. The van der Waals surface area contributed by atoms with Gasteiger partial charge in [0.25, 0.3) is 0 Å². The lowest BCUT2D eigenvalue weighted by Crippen LogP contribution is -1.98. The third-order valence-corrected chi connectivity index (χ3v) is 4.80. The number of halogens is 3. The first kappa shape index (κ1) is 14.4. The molecule has 108 valence electrons. The Morgan fingerprint density at radius 1 is 1.19 bits per heavy atom. The van der Waals surface area contributed by atoms with Gasteiger partial charge in [0.05, 0.1) is 20.5 Å². The summed E-state index contributed by atoms with van der Waals surface area (Å²) in [5, 5.41) is 7.04. The highest BCUT2D eigenvalue weighted by atomic mass is 35.5. The second-order valence-corrected chi connectivity index (χ2v) is 6.16. The highest BCUT2D eigenvalue weighted by Gasteiger charge is 2.24. The largest absolute Gasteiger partial charge is 0.383 e. The van der Waals surface area contributed by atoms with Gasteiger partial charge in [-0.25, -0.2) is 4.39 Å². The van der Waals surface area contributed by atoms with Crippen LogP contribution in [0.15, 0.2) is 29.6 Å². The molecule has 0 fully saturated rings. The Kier molecular flexibility index (Phi) is 3.65. The van der Waals surface area contributed by atoms with E-state index in [0.29, 0.717) is 22.1 Å². The van der Waals surface area contributed by atoms with E-state index in [1.807, 2.05) is 5.38 Å². The number of rotatable bonds is 2. The van der Waals surface area contributed by atoms with Gasteiger partial charge in [-0.1, -0.05) is 29.3 Å². The summed E-state index contributed by atoms with van der Waals surface area (Å²) in [6.45, 7) is 0. The minimum Gasteiger partial charge on any atom is -0.383 e. The second kappa shape index (κ2) is 5.33. The smallest absolute Gasteiger partial charge is 0.132 e. The van der Waals surface area contributed by atoms with Gasteiger partial charge in [-0.15, -0.1) is 11.3 Å². The van der Waals surface area contributed by atoms with Gasteiger partial charge in [0.2, 0.25) is 0 Å². The summed E-state index contributed by atoms with van der Waals surface area (Å²) in [4.78, 5) is 0.735. The highest BCUT2D eigenvalue weighted by Crippen LogP contribution is 2.44. The Labute approximate surface area is 134 Å². The van der Waals surface area contributed by atoms with Gasteiger partial charge in [0.1, 0.15) is 17.3 Å². The third-order valence-electron chi connectivity index (χ3n) is 3.14. The Hall–Kier alpha value is -1.56. The number of hydrogen-bond acceptors (Lipinski definition) is 3. The predicted octanol–water partition coefficient (Wildman–Crippen LogP) is 4.84. The molecule has 7 heteroatoms. The quantitative estimate of drug-likeness (QED) is 0.724. The average molecular weight is 342 g/mol. The molecule has 0 bridgehead atoms. The standard InChI is InChI=1S/C14H10Cl2FN3S/c1-20-14(18)11(10-7(15)3-2-4-9(10)17)12(19-20)13-8(16)5-6-21-13/h2-6H,18H2,1H3. The Morgan fingerprint density at radius 2 is 1.95 bits per heavy atom. The summed E-state index contributed by atoms with van der Waals surface area (Å²) < 4.78 is 15.7. The average Bonchev–Trinajstić information content (AvgIpc) is 2.96. The number of thiophene rings is 1. The molecule has 0 radical (unpaired) electrons. The SMILES string of the molecule is Cn1nc(-c2sccc2Cl)c(-c2c(F)cccc2Cl)c1N. The fraction of sp³-hybridized carbons (Fsp3) is 0.0714. The van der Waals surface area contributed by atoms with Crippen molar-refractivity contribution in [3.8, 4) is 21.7 Å². The molecule has 0 atom stereocenters. The van der Waals surface area contributed by atoms with Crippen molar-refractivity contribution in [1.82, 2.24) is 9.78 Å². The van der Waals surface area contributed by atoms with Gasteiger partial charge in [-0.05, 0) is 23.6 Å². The second-order valence-electron chi connectivity index (χ2n) is 4.43. The van der Waals surface area contributed by atoms with Gasteiger partial charge in [0, 0.05) is 12.6 Å². The van der Waals surface area contributed by atoms with E-state index in [-0.39, 0.29) is 10.6 Å². The first-order chi connectivity index (χ1) is 10.0. The number of aryl methyl sites for hydroxylation is 1. The van der Waals surface area contributed by atoms with Crippen LogP contribution in [-0.2, 0) is 7.05 Å². The number of aromatic nitrogens is 2. The maximum atomic E-state index is 14.2. The van der Waals surface area contributed by atoms with Crippen LogP contribution in [0, 0.1) is 5.82 Å². The maximum absolute atomic E-state index is 14.2. The van der Waals surface area contributed by atoms with Gasteiger partial charge in [-0.3, -0.25) is 4.68 Å². The van der Waals surface area contributed by atoms with Crippen molar-refractivity contribution in [3.05, 3.63) is 45.5 Å². The molecule has 0 aliphatic rings. The number of anilines is 1. The summed E-state index contributed by atoms with van der Waals surface area (Å²) >= 11 is 13.7. The summed E-state index contributed by atoms with van der Waals surface area (Å²) in [6, 6.07) is 6.27. The lowest BCUT2D eigenvalue weighted by Gasteiger charge is -2.07. The molecule has 0 aliphatic heterocycles. The molecule has 0 spiro atoms. The zero-order valence-electron chi connectivity index (χ0n) is 10.9. The van der Waals surface area contributed by atoms with Gasteiger partial charge < -0.3 is 5.73 Å². The van der Waals surface area contributed by atoms with Crippen LogP contribution >= 0.6 is 34.5 Å². The van der Waals surface area contributed by atoms with Crippen LogP contribution < -0.4 is 5.73 Å². The topological polar surface area (TPSA) is 43.8 Å². The fourth-order valence-electron chi connectivity index (χ4n) is 2.14. The van der Waals surface area contributed by atoms with E-state index in [9.17, 15) is 4.39 Å². The molecule has 2 aromatic heterocycles. The van der Waals surface area contributed by atoms with Crippen LogP contribution in [0.4, 0.5) is 10.2 Å². The van der Waals surface area contributed by atoms with Crippen LogP contribution in [-0.4, -0.2) is 9.78 Å². The lowest BCUT2D eigenvalue weighted by atomic mass is 10.0. The number of nitrogen functional groups attached to an aromatic ring is 1. The monoisotopic (exact) mass is 341 g/mol. The third kappa shape index (κ3) is 2.31. The van der Waals surface area contributed by atoms with Crippen LogP contribution in [0.3, 0.4) is 0 Å². The van der Waals surface area contributed by atoms with E-state index in [1.165, 1.54) is 22.1 Å². The Balaban J connectivity index is 2.36. The van der Waals surface area contributed by atoms with Gasteiger partial charge in [-0.2, -0.15) is 5.10 Å². The molecule has 0 unspecified atom stereocenters. The minimum atomic E-state index is -0.448. The van der Waals surface area contributed by atoms with E-state index in [4.69, 9.17) is 28.9 Å². The van der Waals surface area contributed by atoms with Gasteiger partial charge >= 0.3 is 0 Å². The lowest BCUT2D eigenvalue weighted by molar-refractivity contribution is 0.631. The molecule has 3 aromatic rings. The Bertz CT molecular complexity index is 805. The van der Waals surface area contributed by atoms with Crippen LogP contribution in [0.5, 0.6) is 0 Å². The normalized spacial score (nSPS) is 11.0. The number of nitrogens with zero attached hydrogens (tertiary/aromatic N) is 2. The van der Waals surface area contributed by atoms with E-state index >= 15 is 0 Å². The molecule has 0 aliphatic carbocycles. The van der Waals surface area contributed by atoms with Crippen LogP contribution in [0.2, 0.25) is 10.0 Å². The van der Waals surface area contributed by atoms with Gasteiger partial charge in [0.15, 0.2) is 0 Å². The van der Waals surface area contributed by atoms with Crippen molar-refractivity contribution in [1.29, 1.82) is 0 Å². The minimum absolute atomic E-state index is 0.240. The first-order valence-electron chi connectivity index (χ1n) is 6.01. The molecule has 0 saturated carbocycles. The number of nitrogens with two attached hydrogens (primary N) is 1. The molecule has 3 rings (SSSR count). The highest BCUT2D eigenvalue weighted by molar-refractivity contribution is 7.14. The van der Waals surface area contributed by atoms with Crippen molar-refractivity contribution in [2.75, 3.05) is 5.73 Å². The summed E-state index contributed by atoms with van der Waals surface area (Å²) in [7, 11) is 1.69. The van der Waals surface area contributed by atoms with E-state index < -0.39 is 5.82 Å². The fourth-order valence-corrected chi connectivity index (χ4v) is 3.54. The zero-order valence-corrected chi connectivity index (χ0v) is 13.2. The van der Waals surface area contributed by atoms with Crippen LogP contribution in [0.25, 0.3) is 21.7 Å². The first-order valence-corrected chi connectivity index (χ1v) is 7.64. The van der Waals surface area contributed by atoms with Crippen molar-refractivity contribution in [3.63, 3.8) is 0 Å². The molecule has 0 amide bonds. The molecule has 21 heavy (non-hydrogen) atoms. The van der Waals surface area contributed by atoms with Crippen molar-refractivity contribution >= 4 is 40.4 Å². The predicted molar refractivity (Wildman–Crippen MR) is 86.3 cm³/mol. The molecule has 2 heterocycles. The summed E-state index contributed by atoms with van der Waals surface area (Å²) in [5.74, 6) is -0.113. The number of benzene rings is 1. The van der Waals surface area contributed by atoms with Crippen molar-refractivity contribution in [2.24, 2.45) is 7.05 Å². The van der Waals surface area contributed by atoms with E-state index in [0.717, 1.165) is 4.88 Å². The molecule has 0 saturated heterocycles. The number of hydrogen-bond donors (Lipinski definition) is 1. The van der Waals surface area contributed by atoms with Crippen molar-refractivity contribution < 1.29 is 4.39 Å². The Morgan fingerprint density at radius 3 is 2.57 bits per heavy atom. The van der Waals surface area contributed by atoms with Crippen LogP contribution in [0.1, 0.15) is 0 Å². The van der Waals surface area contributed by atoms with E-state index in [1.54, 1.807) is 25.2 Å². The summed E-state index contributed by atoms with van der Waals surface area (Å²) in [5.41, 5.74) is 7.30. The summed E-state index contributed by atoms with van der Waals surface area (Å²) in [6.07, 6.45) is 0. The molecular weight excluding hydrogens is 332 g/mol. The van der Waals surface area contributed by atoms with E-state index in [2.05, 4.69) is 5.10 Å². The molecule has 1 aromatic carbocycles. The zero-order chi connectivity index (χ0) is 15.1. The molecular formula is C14H10Cl2FN3S. The van der Waals surface area contributed by atoms with Crippen molar-refractivity contribution in [2.45, 2.75) is 0 Å². The maximum Gasteiger partial charge on any atom is 0.132 e. The molecule has 3 nitrogen and oxygen atoms in total.